The molecule has 1 aliphatic rings. The van der Waals surface area contributed by atoms with Crippen LogP contribution in [0.25, 0.3) is 0 Å². The van der Waals surface area contributed by atoms with E-state index in [0.29, 0.717) is 0 Å². The molecule has 0 fully saturated rings. The molecular formula is C32H32N2. The lowest BCUT2D eigenvalue weighted by Crippen LogP contribution is -2.21. The van der Waals surface area contributed by atoms with E-state index in [4.69, 9.17) is 0 Å². The molecule has 3 aromatic carbocycles. The SMILES string of the molecule is C=C/C=C\C(=C)N(C1=CC=CCC1)c1ccc(N(c2ccc(C)cc2)c2ccc(C)cc2)cc1. The second-order valence-corrected chi connectivity index (χ2v) is 8.57. The number of allylic oxidation sites excluding steroid dienone is 7. The van der Waals surface area contributed by atoms with Crippen LogP contribution in [0.1, 0.15) is 24.0 Å². The summed E-state index contributed by atoms with van der Waals surface area (Å²) < 4.78 is 0. The third kappa shape index (κ3) is 5.29. The van der Waals surface area contributed by atoms with Gasteiger partial charge in [-0.05, 0) is 87.4 Å². The molecule has 0 unspecified atom stereocenters. The number of rotatable bonds is 8. The molecule has 0 saturated carbocycles. The molecule has 0 aromatic heterocycles. The Bertz CT molecular complexity index is 1180. The molecule has 0 bridgehead atoms. The summed E-state index contributed by atoms with van der Waals surface area (Å²) in [5, 5.41) is 0. The van der Waals surface area contributed by atoms with E-state index in [0.717, 1.165) is 41.3 Å². The number of hydrogen-bond donors (Lipinski definition) is 0. The summed E-state index contributed by atoms with van der Waals surface area (Å²) in [6.07, 6.45) is 14.2. The molecule has 0 spiro atoms. The number of nitrogens with zero attached hydrogens (tertiary/aromatic N) is 2. The molecule has 0 amide bonds. The van der Waals surface area contributed by atoms with Crippen LogP contribution in [0.4, 0.5) is 22.7 Å². The Kier molecular flexibility index (Phi) is 7.29. The zero-order valence-electron chi connectivity index (χ0n) is 20.1. The van der Waals surface area contributed by atoms with Crippen molar-refractivity contribution in [2.24, 2.45) is 0 Å². The largest absolute Gasteiger partial charge is 0.315 e. The third-order valence-electron chi connectivity index (χ3n) is 5.94. The van der Waals surface area contributed by atoms with Gasteiger partial charge in [-0.1, -0.05) is 72.9 Å². The van der Waals surface area contributed by atoms with Crippen molar-refractivity contribution in [3.63, 3.8) is 0 Å². The van der Waals surface area contributed by atoms with Gasteiger partial charge in [0.2, 0.25) is 0 Å². The maximum Gasteiger partial charge on any atom is 0.0463 e. The first-order valence-corrected chi connectivity index (χ1v) is 11.7. The highest BCUT2D eigenvalue weighted by Gasteiger charge is 2.17. The molecule has 0 atom stereocenters. The third-order valence-corrected chi connectivity index (χ3v) is 5.94. The van der Waals surface area contributed by atoms with E-state index in [-0.39, 0.29) is 0 Å². The normalized spacial score (nSPS) is 12.9. The molecule has 0 radical (unpaired) electrons. The van der Waals surface area contributed by atoms with Crippen LogP contribution in [0.3, 0.4) is 0 Å². The Hall–Kier alpha value is -4.04. The Balaban J connectivity index is 1.74. The van der Waals surface area contributed by atoms with Gasteiger partial charge in [0.1, 0.15) is 0 Å². The summed E-state index contributed by atoms with van der Waals surface area (Å²) in [6.45, 7) is 12.4. The highest BCUT2D eigenvalue weighted by Crippen LogP contribution is 2.37. The van der Waals surface area contributed by atoms with Gasteiger partial charge in [-0.2, -0.15) is 0 Å². The first-order chi connectivity index (χ1) is 16.6. The minimum atomic E-state index is 0.920. The van der Waals surface area contributed by atoms with Crippen LogP contribution in [-0.2, 0) is 0 Å². The number of benzene rings is 3. The van der Waals surface area contributed by atoms with E-state index in [1.54, 1.807) is 6.08 Å². The molecule has 2 heteroatoms. The van der Waals surface area contributed by atoms with Crippen LogP contribution in [0.5, 0.6) is 0 Å². The van der Waals surface area contributed by atoms with Crippen molar-refractivity contribution in [2.75, 3.05) is 9.80 Å². The van der Waals surface area contributed by atoms with Crippen molar-refractivity contribution in [1.82, 2.24) is 0 Å². The Morgan fingerprint density at radius 3 is 1.74 bits per heavy atom. The zero-order chi connectivity index (χ0) is 23.9. The Morgan fingerprint density at radius 1 is 0.765 bits per heavy atom. The van der Waals surface area contributed by atoms with Crippen molar-refractivity contribution in [2.45, 2.75) is 26.7 Å². The van der Waals surface area contributed by atoms with Crippen molar-refractivity contribution in [3.05, 3.63) is 145 Å². The lowest BCUT2D eigenvalue weighted by molar-refractivity contribution is 0.903. The van der Waals surface area contributed by atoms with Crippen LogP contribution >= 0.6 is 0 Å². The molecule has 0 saturated heterocycles. The van der Waals surface area contributed by atoms with Gasteiger partial charge in [0.25, 0.3) is 0 Å². The summed E-state index contributed by atoms with van der Waals surface area (Å²) >= 11 is 0. The summed E-state index contributed by atoms with van der Waals surface area (Å²) in [5.74, 6) is 0. The molecule has 34 heavy (non-hydrogen) atoms. The van der Waals surface area contributed by atoms with Crippen LogP contribution in [0.2, 0.25) is 0 Å². The Morgan fingerprint density at radius 2 is 1.26 bits per heavy atom. The molecule has 1 aliphatic carbocycles. The molecule has 0 heterocycles. The summed E-state index contributed by atoms with van der Waals surface area (Å²) in [6, 6.07) is 26.1. The van der Waals surface area contributed by atoms with E-state index >= 15 is 0 Å². The average molecular weight is 445 g/mol. The van der Waals surface area contributed by atoms with E-state index in [2.05, 4.69) is 128 Å². The Labute approximate surface area is 204 Å². The summed E-state index contributed by atoms with van der Waals surface area (Å²) in [4.78, 5) is 4.53. The summed E-state index contributed by atoms with van der Waals surface area (Å²) in [5.41, 5.74) is 9.14. The van der Waals surface area contributed by atoms with Crippen molar-refractivity contribution < 1.29 is 0 Å². The number of anilines is 4. The predicted octanol–water partition coefficient (Wildman–Crippen LogP) is 9.07. The van der Waals surface area contributed by atoms with E-state index < -0.39 is 0 Å². The molecule has 170 valence electrons. The minimum absolute atomic E-state index is 0.920. The molecule has 2 nitrogen and oxygen atoms in total. The second kappa shape index (κ2) is 10.7. The molecule has 0 aliphatic heterocycles. The lowest BCUT2D eigenvalue weighted by atomic mass is 10.1. The van der Waals surface area contributed by atoms with Gasteiger partial charge in [-0.3, -0.25) is 0 Å². The highest BCUT2D eigenvalue weighted by molar-refractivity contribution is 5.78. The monoisotopic (exact) mass is 444 g/mol. The van der Waals surface area contributed by atoms with E-state index in [9.17, 15) is 0 Å². The lowest BCUT2D eigenvalue weighted by Gasteiger charge is -2.30. The maximum absolute atomic E-state index is 4.33. The van der Waals surface area contributed by atoms with Gasteiger partial charge >= 0.3 is 0 Å². The van der Waals surface area contributed by atoms with E-state index in [1.807, 2.05) is 12.2 Å². The van der Waals surface area contributed by atoms with Crippen molar-refractivity contribution >= 4 is 22.7 Å². The average Bonchev–Trinajstić information content (AvgIpc) is 2.87. The smallest absolute Gasteiger partial charge is 0.0463 e. The standard InChI is InChI=1S/C32H32N2/c1-5-6-10-27(4)33(28-11-8-7-9-12-28)29-21-23-32(24-22-29)34(30-17-13-25(2)14-18-30)31-19-15-26(3)16-20-31/h5-8,10-11,13-24H,1,4,9,12H2,2-3H3/b10-6-. The minimum Gasteiger partial charge on any atom is -0.315 e. The van der Waals surface area contributed by atoms with Gasteiger partial charge in [-0.25, -0.2) is 0 Å². The molecule has 4 rings (SSSR count). The molecular weight excluding hydrogens is 412 g/mol. The van der Waals surface area contributed by atoms with Crippen LogP contribution in [-0.4, -0.2) is 0 Å². The first kappa shape index (κ1) is 23.1. The number of hydrogen-bond acceptors (Lipinski definition) is 2. The fourth-order valence-corrected chi connectivity index (χ4v) is 4.13. The van der Waals surface area contributed by atoms with Crippen LogP contribution in [0, 0.1) is 13.8 Å². The zero-order valence-corrected chi connectivity index (χ0v) is 20.1. The van der Waals surface area contributed by atoms with Crippen molar-refractivity contribution in [3.8, 4) is 0 Å². The van der Waals surface area contributed by atoms with Crippen LogP contribution < -0.4 is 9.80 Å². The fraction of sp³-hybridized carbons (Fsp3) is 0.125. The van der Waals surface area contributed by atoms with Gasteiger partial charge in [0, 0.05) is 34.1 Å². The molecule has 0 N–H and O–H groups in total. The fourth-order valence-electron chi connectivity index (χ4n) is 4.13. The molecule has 3 aromatic rings. The van der Waals surface area contributed by atoms with Crippen molar-refractivity contribution in [1.29, 1.82) is 0 Å². The van der Waals surface area contributed by atoms with Gasteiger partial charge in [-0.15, -0.1) is 0 Å². The summed E-state index contributed by atoms with van der Waals surface area (Å²) in [7, 11) is 0. The highest BCUT2D eigenvalue weighted by atomic mass is 15.2. The van der Waals surface area contributed by atoms with Gasteiger partial charge in [0.15, 0.2) is 0 Å². The maximum atomic E-state index is 4.33. The second-order valence-electron chi connectivity index (χ2n) is 8.57. The van der Waals surface area contributed by atoms with Gasteiger partial charge < -0.3 is 9.80 Å². The first-order valence-electron chi connectivity index (χ1n) is 11.7. The van der Waals surface area contributed by atoms with Crippen LogP contribution in [0.15, 0.2) is 134 Å². The van der Waals surface area contributed by atoms with Gasteiger partial charge in [0.05, 0.1) is 0 Å². The quantitative estimate of drug-likeness (QED) is 0.320. The van der Waals surface area contributed by atoms with E-state index in [1.165, 1.54) is 16.8 Å². The number of aryl methyl sites for hydroxylation is 2. The topological polar surface area (TPSA) is 6.48 Å². The predicted molar refractivity (Wildman–Crippen MR) is 148 cm³/mol.